The van der Waals surface area contributed by atoms with E-state index in [1.165, 1.54) is 0 Å². The van der Waals surface area contributed by atoms with E-state index in [-0.39, 0.29) is 6.61 Å². The molecule has 0 fully saturated rings. The Labute approximate surface area is 153 Å². The largest absolute Gasteiger partial charge is 0.491 e. The van der Waals surface area contributed by atoms with E-state index in [0.717, 1.165) is 6.29 Å². The molecule has 0 aliphatic rings. The third-order valence-corrected chi connectivity index (χ3v) is 3.07. The molecule has 0 radical (unpaired) electrons. The molecule has 1 rings (SSSR count). The number of hydrogen-bond donors (Lipinski definition) is 0. The van der Waals surface area contributed by atoms with Crippen molar-refractivity contribution in [3.8, 4) is 5.75 Å². The Kier molecular flexibility index (Phi) is 11.8. The molecule has 1 aromatic rings. The number of aldehydes is 1. The Morgan fingerprint density at radius 2 is 1.38 bits per heavy atom. The minimum absolute atomic E-state index is 0.201. The predicted molar refractivity (Wildman–Crippen MR) is 95.6 cm³/mol. The maximum Gasteiger partial charge on any atom is 0.333 e. The van der Waals surface area contributed by atoms with Crippen molar-refractivity contribution in [2.45, 2.75) is 6.92 Å². The van der Waals surface area contributed by atoms with Crippen LogP contribution in [0.5, 0.6) is 5.75 Å². The number of ether oxygens (including phenoxy) is 5. The molecule has 0 atom stereocenters. The second-order valence-electron chi connectivity index (χ2n) is 5.29. The van der Waals surface area contributed by atoms with Gasteiger partial charge < -0.3 is 23.7 Å². The Bertz CT molecular complexity index is 539. The highest BCUT2D eigenvalue weighted by molar-refractivity contribution is 5.86. The molecule has 144 valence electrons. The van der Waals surface area contributed by atoms with Gasteiger partial charge in [-0.3, -0.25) is 4.79 Å². The second-order valence-corrected chi connectivity index (χ2v) is 5.29. The first-order chi connectivity index (χ1) is 12.6. The zero-order valence-corrected chi connectivity index (χ0v) is 15.1. The highest BCUT2D eigenvalue weighted by atomic mass is 16.6. The van der Waals surface area contributed by atoms with Crippen LogP contribution in [-0.4, -0.2) is 65.1 Å². The first-order valence-corrected chi connectivity index (χ1v) is 8.37. The van der Waals surface area contributed by atoms with Gasteiger partial charge in [0.05, 0.1) is 39.6 Å². The summed E-state index contributed by atoms with van der Waals surface area (Å²) in [6.07, 6.45) is 0.788. The summed E-state index contributed by atoms with van der Waals surface area (Å²) in [7, 11) is 0. The number of hydrogen-bond acceptors (Lipinski definition) is 7. The lowest BCUT2D eigenvalue weighted by Gasteiger charge is -2.08. The van der Waals surface area contributed by atoms with Crippen LogP contribution in [0.25, 0.3) is 0 Å². The second kappa shape index (κ2) is 14.0. The zero-order chi connectivity index (χ0) is 19.0. The molecule has 0 amide bonds. The van der Waals surface area contributed by atoms with E-state index in [1.807, 2.05) is 0 Å². The maximum atomic E-state index is 11.1. The molecule has 0 aliphatic carbocycles. The molecule has 0 bridgehead atoms. The van der Waals surface area contributed by atoms with Gasteiger partial charge in [-0.1, -0.05) is 6.58 Å². The van der Waals surface area contributed by atoms with Gasteiger partial charge in [0, 0.05) is 11.1 Å². The molecule has 0 saturated heterocycles. The fraction of sp³-hybridized carbons (Fsp3) is 0.474. The Hall–Kier alpha value is -2.22. The van der Waals surface area contributed by atoms with Gasteiger partial charge in [-0.15, -0.1) is 0 Å². The molecule has 0 heterocycles. The molecule has 0 unspecified atom stereocenters. The van der Waals surface area contributed by atoms with E-state index in [0.29, 0.717) is 63.1 Å². The van der Waals surface area contributed by atoms with Gasteiger partial charge in [-0.2, -0.15) is 0 Å². The lowest BCUT2D eigenvalue weighted by Crippen LogP contribution is -2.15. The van der Waals surface area contributed by atoms with Gasteiger partial charge in [0.1, 0.15) is 25.2 Å². The predicted octanol–water partition coefficient (Wildman–Crippen LogP) is 2.05. The summed E-state index contributed by atoms with van der Waals surface area (Å²) >= 11 is 0. The maximum absolute atomic E-state index is 11.1. The molecular weight excluding hydrogens is 340 g/mol. The van der Waals surface area contributed by atoms with Crippen LogP contribution >= 0.6 is 0 Å². The van der Waals surface area contributed by atoms with Crippen molar-refractivity contribution >= 4 is 12.3 Å². The van der Waals surface area contributed by atoms with E-state index in [1.54, 1.807) is 31.2 Å². The van der Waals surface area contributed by atoms with Crippen LogP contribution in [0.2, 0.25) is 0 Å². The summed E-state index contributed by atoms with van der Waals surface area (Å²) in [5.41, 5.74) is 0.983. The summed E-state index contributed by atoms with van der Waals surface area (Å²) < 4.78 is 26.3. The summed E-state index contributed by atoms with van der Waals surface area (Å²) in [6.45, 7) is 8.26. The summed E-state index contributed by atoms with van der Waals surface area (Å²) in [5, 5.41) is 0. The van der Waals surface area contributed by atoms with Crippen molar-refractivity contribution in [1.29, 1.82) is 0 Å². The fourth-order valence-corrected chi connectivity index (χ4v) is 1.72. The average Bonchev–Trinajstić information content (AvgIpc) is 2.65. The third-order valence-electron chi connectivity index (χ3n) is 3.07. The van der Waals surface area contributed by atoms with Gasteiger partial charge in [0.2, 0.25) is 0 Å². The van der Waals surface area contributed by atoms with E-state index in [4.69, 9.17) is 23.7 Å². The smallest absolute Gasteiger partial charge is 0.333 e. The van der Waals surface area contributed by atoms with Gasteiger partial charge >= 0.3 is 5.97 Å². The quantitative estimate of drug-likeness (QED) is 0.203. The minimum Gasteiger partial charge on any atom is -0.491 e. The average molecular weight is 366 g/mol. The van der Waals surface area contributed by atoms with Crippen LogP contribution in [-0.2, 0) is 23.7 Å². The highest BCUT2D eigenvalue weighted by Gasteiger charge is 2.01. The van der Waals surface area contributed by atoms with Crippen LogP contribution in [0.1, 0.15) is 17.3 Å². The number of carbonyl (C=O) groups excluding carboxylic acids is 2. The lowest BCUT2D eigenvalue weighted by atomic mass is 10.2. The van der Waals surface area contributed by atoms with E-state index in [2.05, 4.69) is 6.58 Å². The zero-order valence-electron chi connectivity index (χ0n) is 15.1. The van der Waals surface area contributed by atoms with Crippen molar-refractivity contribution in [2.24, 2.45) is 0 Å². The highest BCUT2D eigenvalue weighted by Crippen LogP contribution is 2.10. The molecular formula is C19H26O7. The Morgan fingerprint density at radius 3 is 1.88 bits per heavy atom. The molecule has 7 heteroatoms. The van der Waals surface area contributed by atoms with Crippen molar-refractivity contribution in [3.63, 3.8) is 0 Å². The number of benzene rings is 1. The normalized spacial score (nSPS) is 10.3. The van der Waals surface area contributed by atoms with Crippen LogP contribution in [0, 0.1) is 0 Å². The summed E-state index contributed by atoms with van der Waals surface area (Å²) in [6, 6.07) is 6.88. The number of rotatable bonds is 15. The lowest BCUT2D eigenvalue weighted by molar-refractivity contribution is -0.140. The molecule has 26 heavy (non-hydrogen) atoms. The molecule has 1 aromatic carbocycles. The van der Waals surface area contributed by atoms with Gasteiger partial charge in [-0.05, 0) is 31.2 Å². The van der Waals surface area contributed by atoms with Crippen molar-refractivity contribution in [3.05, 3.63) is 42.0 Å². The molecule has 0 aromatic heterocycles. The van der Waals surface area contributed by atoms with Crippen molar-refractivity contribution in [2.75, 3.05) is 52.9 Å². The van der Waals surface area contributed by atoms with Crippen LogP contribution in [0.3, 0.4) is 0 Å². The summed E-state index contributed by atoms with van der Waals surface area (Å²) in [5.74, 6) is 0.283. The van der Waals surface area contributed by atoms with Crippen LogP contribution in [0.15, 0.2) is 36.4 Å². The topological polar surface area (TPSA) is 80.3 Å². The standard InChI is InChI=1S/C19H26O7/c1-16(2)19(21)26-14-12-24-10-8-22-7-9-23-11-13-25-18-5-3-17(15-20)4-6-18/h3-6,15H,1,7-14H2,2H3. The van der Waals surface area contributed by atoms with Gasteiger partial charge in [-0.25, -0.2) is 4.79 Å². The number of esters is 1. The minimum atomic E-state index is -0.413. The SMILES string of the molecule is C=C(C)C(=O)OCCOCCOCCOCCOc1ccc(C=O)cc1. The fourth-order valence-electron chi connectivity index (χ4n) is 1.72. The third kappa shape index (κ3) is 10.6. The monoisotopic (exact) mass is 366 g/mol. The van der Waals surface area contributed by atoms with E-state index in [9.17, 15) is 9.59 Å². The Balaban J connectivity index is 1.84. The van der Waals surface area contributed by atoms with Crippen LogP contribution in [0.4, 0.5) is 0 Å². The van der Waals surface area contributed by atoms with Crippen LogP contribution < -0.4 is 4.74 Å². The molecule has 0 aliphatic heterocycles. The van der Waals surface area contributed by atoms with E-state index < -0.39 is 5.97 Å². The first kappa shape index (κ1) is 21.8. The van der Waals surface area contributed by atoms with E-state index >= 15 is 0 Å². The van der Waals surface area contributed by atoms with Crippen molar-refractivity contribution < 1.29 is 33.3 Å². The molecule has 7 nitrogen and oxygen atoms in total. The first-order valence-electron chi connectivity index (χ1n) is 8.37. The van der Waals surface area contributed by atoms with Gasteiger partial charge in [0.25, 0.3) is 0 Å². The molecule has 0 N–H and O–H groups in total. The molecule has 0 spiro atoms. The van der Waals surface area contributed by atoms with Gasteiger partial charge in [0.15, 0.2) is 0 Å². The molecule has 0 saturated carbocycles. The summed E-state index contributed by atoms with van der Waals surface area (Å²) in [4.78, 5) is 21.6. The van der Waals surface area contributed by atoms with Crippen molar-refractivity contribution in [1.82, 2.24) is 0 Å². The Morgan fingerprint density at radius 1 is 0.885 bits per heavy atom. The number of carbonyl (C=O) groups is 2.